The zero-order valence-electron chi connectivity index (χ0n) is 21.5. The van der Waals surface area contributed by atoms with Gasteiger partial charge in [0.2, 0.25) is 17.8 Å². The molecule has 11 nitrogen and oxygen atoms in total. The van der Waals surface area contributed by atoms with Gasteiger partial charge in [-0.2, -0.15) is 20.1 Å². The number of benzene rings is 2. The number of hydrogen-bond donors (Lipinski definition) is 1. The van der Waals surface area contributed by atoms with Crippen molar-refractivity contribution in [2.75, 3.05) is 74.9 Å². The number of ether oxygens (including phenoxy) is 4. The number of hydrazone groups is 1. The van der Waals surface area contributed by atoms with Gasteiger partial charge in [-0.05, 0) is 35.9 Å². The summed E-state index contributed by atoms with van der Waals surface area (Å²) in [7, 11) is 1.53. The van der Waals surface area contributed by atoms with Gasteiger partial charge in [0, 0.05) is 31.7 Å². The van der Waals surface area contributed by atoms with Crippen molar-refractivity contribution in [3.05, 3.63) is 58.4 Å². The molecule has 2 aliphatic heterocycles. The number of anilines is 3. The number of nitrogens with zero attached hydrogens (tertiary/aromatic N) is 6. The Bertz CT molecular complexity index is 1250. The highest BCUT2D eigenvalue weighted by atomic mass is 35.5. The summed E-state index contributed by atoms with van der Waals surface area (Å²) in [4.78, 5) is 18.0. The molecule has 1 aromatic heterocycles. The maximum Gasteiger partial charge on any atom is 0.250 e. The van der Waals surface area contributed by atoms with E-state index in [0.717, 1.165) is 5.56 Å². The van der Waals surface area contributed by atoms with Crippen LogP contribution < -0.4 is 24.7 Å². The molecule has 0 spiro atoms. The molecule has 1 N–H and O–H groups in total. The van der Waals surface area contributed by atoms with Crippen molar-refractivity contribution in [1.29, 1.82) is 0 Å². The van der Waals surface area contributed by atoms with E-state index < -0.39 is 5.82 Å². The van der Waals surface area contributed by atoms with Gasteiger partial charge in [0.15, 0.2) is 11.5 Å². The topological polar surface area (TPSA) is 106 Å². The molecule has 3 aromatic rings. The van der Waals surface area contributed by atoms with E-state index in [2.05, 4.69) is 30.3 Å². The van der Waals surface area contributed by atoms with Crippen molar-refractivity contribution in [2.45, 2.75) is 6.61 Å². The van der Waals surface area contributed by atoms with Gasteiger partial charge in [0.1, 0.15) is 12.4 Å². The Morgan fingerprint density at radius 3 is 2.26 bits per heavy atom. The van der Waals surface area contributed by atoms with E-state index in [0.29, 0.717) is 87.0 Å². The maximum atomic E-state index is 14.1. The molecule has 206 valence electrons. The molecule has 0 radical (unpaired) electrons. The lowest BCUT2D eigenvalue weighted by atomic mass is 10.2. The molecule has 0 unspecified atom stereocenters. The predicted molar refractivity (Wildman–Crippen MR) is 146 cm³/mol. The summed E-state index contributed by atoms with van der Waals surface area (Å²) in [5, 5.41) is 4.63. The number of rotatable bonds is 9. The first-order chi connectivity index (χ1) is 19.1. The van der Waals surface area contributed by atoms with Crippen molar-refractivity contribution in [2.24, 2.45) is 5.10 Å². The Morgan fingerprint density at radius 1 is 0.974 bits per heavy atom. The van der Waals surface area contributed by atoms with Crippen LogP contribution in [0.1, 0.15) is 11.1 Å². The van der Waals surface area contributed by atoms with Crippen LogP contribution in [0.2, 0.25) is 5.02 Å². The molecule has 0 atom stereocenters. The van der Waals surface area contributed by atoms with Gasteiger partial charge in [-0.1, -0.05) is 17.7 Å². The van der Waals surface area contributed by atoms with Crippen LogP contribution in [0.25, 0.3) is 0 Å². The largest absolute Gasteiger partial charge is 0.493 e. The number of nitrogens with one attached hydrogen (secondary N) is 1. The third kappa shape index (κ3) is 6.83. The van der Waals surface area contributed by atoms with Crippen molar-refractivity contribution < 1.29 is 23.3 Å². The predicted octanol–water partition coefficient (Wildman–Crippen LogP) is 3.37. The van der Waals surface area contributed by atoms with Crippen LogP contribution in [-0.4, -0.2) is 80.9 Å². The summed E-state index contributed by atoms with van der Waals surface area (Å²) >= 11 is 6.10. The quantitative estimate of drug-likeness (QED) is 0.311. The van der Waals surface area contributed by atoms with Crippen LogP contribution in [0.15, 0.2) is 41.5 Å². The lowest BCUT2D eigenvalue weighted by Crippen LogP contribution is -2.40. The lowest BCUT2D eigenvalue weighted by molar-refractivity contribution is 0.121. The Balaban J connectivity index is 1.29. The van der Waals surface area contributed by atoms with Crippen molar-refractivity contribution >= 4 is 35.7 Å². The Hall–Kier alpha value is -3.74. The summed E-state index contributed by atoms with van der Waals surface area (Å²) < 4.78 is 36.3. The fourth-order valence-corrected chi connectivity index (χ4v) is 4.30. The summed E-state index contributed by atoms with van der Waals surface area (Å²) in [5.74, 6) is 1.97. The van der Waals surface area contributed by atoms with Gasteiger partial charge < -0.3 is 28.7 Å². The Labute approximate surface area is 230 Å². The van der Waals surface area contributed by atoms with E-state index in [1.54, 1.807) is 36.5 Å². The minimum Gasteiger partial charge on any atom is -0.493 e. The van der Waals surface area contributed by atoms with Gasteiger partial charge in [0.25, 0.3) is 0 Å². The number of halogens is 2. The zero-order chi connectivity index (χ0) is 27.0. The second kappa shape index (κ2) is 12.9. The fourth-order valence-electron chi connectivity index (χ4n) is 4.08. The molecule has 0 bridgehead atoms. The molecule has 2 aliphatic rings. The molecule has 2 saturated heterocycles. The third-order valence-electron chi connectivity index (χ3n) is 6.20. The minimum absolute atomic E-state index is 0.0345. The molecule has 2 aromatic carbocycles. The number of morpholine rings is 2. The van der Waals surface area contributed by atoms with Crippen molar-refractivity contribution in [3.8, 4) is 11.5 Å². The van der Waals surface area contributed by atoms with Crippen LogP contribution in [0.5, 0.6) is 11.5 Å². The SMILES string of the molecule is COc1cc(/C=N/Nc2nc(N3CCOCC3)nc(N3CCOCC3)n2)ccc1OCc1c(F)cccc1Cl. The van der Waals surface area contributed by atoms with E-state index in [-0.39, 0.29) is 12.2 Å². The van der Waals surface area contributed by atoms with E-state index in [1.807, 2.05) is 0 Å². The molecule has 0 saturated carbocycles. The van der Waals surface area contributed by atoms with E-state index >= 15 is 0 Å². The molecular weight excluding hydrogens is 529 g/mol. The van der Waals surface area contributed by atoms with Crippen LogP contribution in [0.3, 0.4) is 0 Å². The molecule has 3 heterocycles. The lowest BCUT2D eigenvalue weighted by Gasteiger charge is -2.30. The van der Waals surface area contributed by atoms with Gasteiger partial charge in [-0.25, -0.2) is 9.82 Å². The molecule has 2 fully saturated rings. The molecule has 0 amide bonds. The molecule has 13 heteroatoms. The standard InChI is InChI=1S/C26H29ClFN7O4/c1-36-23-15-18(5-6-22(23)39-17-19-20(27)3-2-4-21(19)28)16-29-33-24-30-25(34-7-11-37-12-8-34)32-26(31-24)35-9-13-38-14-10-35/h2-6,15-16H,7-14,17H2,1H3,(H,30,31,32,33)/b29-16+. The monoisotopic (exact) mass is 557 g/mol. The Morgan fingerprint density at radius 2 is 1.64 bits per heavy atom. The summed E-state index contributed by atoms with van der Waals surface area (Å²) in [5.41, 5.74) is 3.95. The zero-order valence-corrected chi connectivity index (χ0v) is 22.2. The van der Waals surface area contributed by atoms with Crippen LogP contribution in [0, 0.1) is 5.82 Å². The van der Waals surface area contributed by atoms with Gasteiger partial charge in [0.05, 0.1) is 44.8 Å². The highest BCUT2D eigenvalue weighted by Gasteiger charge is 2.20. The molecular formula is C26H29ClFN7O4. The highest BCUT2D eigenvalue weighted by Crippen LogP contribution is 2.30. The summed E-state index contributed by atoms with van der Waals surface area (Å²) in [6, 6.07) is 9.80. The molecule has 0 aliphatic carbocycles. The van der Waals surface area contributed by atoms with Gasteiger partial charge in [-0.3, -0.25) is 0 Å². The fraction of sp³-hybridized carbons (Fsp3) is 0.385. The number of methoxy groups -OCH3 is 1. The van der Waals surface area contributed by atoms with Crippen molar-refractivity contribution in [1.82, 2.24) is 15.0 Å². The summed E-state index contributed by atoms with van der Waals surface area (Å²) in [6.07, 6.45) is 1.62. The average molecular weight is 558 g/mol. The first-order valence-corrected chi connectivity index (χ1v) is 12.9. The van der Waals surface area contributed by atoms with Crippen LogP contribution in [-0.2, 0) is 16.1 Å². The minimum atomic E-state index is -0.428. The smallest absolute Gasteiger partial charge is 0.250 e. The average Bonchev–Trinajstić information content (AvgIpc) is 2.98. The molecule has 39 heavy (non-hydrogen) atoms. The van der Waals surface area contributed by atoms with E-state index in [9.17, 15) is 4.39 Å². The second-order valence-electron chi connectivity index (χ2n) is 8.73. The summed E-state index contributed by atoms with van der Waals surface area (Å²) in [6.45, 7) is 5.25. The van der Waals surface area contributed by atoms with E-state index in [1.165, 1.54) is 13.2 Å². The third-order valence-corrected chi connectivity index (χ3v) is 6.55. The number of hydrogen-bond acceptors (Lipinski definition) is 11. The maximum absolute atomic E-state index is 14.1. The highest BCUT2D eigenvalue weighted by molar-refractivity contribution is 6.31. The van der Waals surface area contributed by atoms with Gasteiger partial charge >= 0.3 is 0 Å². The van der Waals surface area contributed by atoms with Gasteiger partial charge in [-0.15, -0.1) is 0 Å². The van der Waals surface area contributed by atoms with E-state index in [4.69, 9.17) is 35.5 Å². The first-order valence-electron chi connectivity index (χ1n) is 12.5. The second-order valence-corrected chi connectivity index (χ2v) is 9.13. The molecule has 5 rings (SSSR count). The first kappa shape index (κ1) is 26.9. The van der Waals surface area contributed by atoms with Crippen LogP contribution >= 0.6 is 11.6 Å². The number of aromatic nitrogens is 3. The normalized spacial score (nSPS) is 16.0. The Kier molecular flexibility index (Phi) is 8.86. The van der Waals surface area contributed by atoms with Crippen LogP contribution in [0.4, 0.5) is 22.2 Å². The van der Waals surface area contributed by atoms with Crippen molar-refractivity contribution in [3.63, 3.8) is 0 Å².